The molecule has 0 bridgehead atoms. The van der Waals surface area contributed by atoms with Crippen molar-refractivity contribution in [3.8, 4) is 0 Å². The van der Waals surface area contributed by atoms with Gasteiger partial charge in [-0.25, -0.2) is 4.98 Å². The Hall–Kier alpha value is -11.2. The van der Waals surface area contributed by atoms with Gasteiger partial charge in [0, 0.05) is 95.3 Å². The topological polar surface area (TPSA) is 423 Å². The second-order valence-corrected chi connectivity index (χ2v) is 18.6. The minimum absolute atomic E-state index is 0.0266. The molecule has 0 unspecified atom stereocenters. The molecule has 0 atom stereocenters. The summed E-state index contributed by atoms with van der Waals surface area (Å²) in [5.41, 5.74) is 2.95. The number of amides is 10. The van der Waals surface area contributed by atoms with E-state index in [4.69, 9.17) is 0 Å². The Morgan fingerprint density at radius 2 is 0.732 bits per heavy atom. The summed E-state index contributed by atoms with van der Waals surface area (Å²) in [6.07, 6.45) is 14.3. The van der Waals surface area contributed by atoms with Crippen LogP contribution >= 0.6 is 0 Å². The molecule has 0 aliphatic carbocycles. The van der Waals surface area contributed by atoms with Gasteiger partial charge in [0.2, 0.25) is 11.8 Å². The Kier molecular flexibility index (Phi) is 18.4. The zero-order valence-corrected chi connectivity index (χ0v) is 44.3. The number of aromatic nitrogens is 9. The first-order valence-electron chi connectivity index (χ1n) is 25.3. The van der Waals surface area contributed by atoms with Crippen molar-refractivity contribution in [2.75, 3.05) is 77.5 Å². The highest BCUT2D eigenvalue weighted by Gasteiger charge is 2.20. The third kappa shape index (κ3) is 15.7. The van der Waals surface area contributed by atoms with Crippen LogP contribution < -0.4 is 53.2 Å². The van der Waals surface area contributed by atoms with Gasteiger partial charge in [0.1, 0.15) is 39.9 Å². The summed E-state index contributed by atoms with van der Waals surface area (Å²) in [6, 6.07) is 9.96. The maximum atomic E-state index is 13.0. The van der Waals surface area contributed by atoms with Crippen molar-refractivity contribution in [1.82, 2.24) is 65.3 Å². The number of hydrogen-bond donors (Lipinski definition) is 17. The Morgan fingerprint density at radius 1 is 0.402 bits per heavy atom. The van der Waals surface area contributed by atoms with Gasteiger partial charge in [0.25, 0.3) is 47.3 Å². The second-order valence-electron chi connectivity index (χ2n) is 18.6. The van der Waals surface area contributed by atoms with E-state index in [9.17, 15) is 47.9 Å². The van der Waals surface area contributed by atoms with E-state index in [1.807, 2.05) is 19.0 Å². The van der Waals surface area contributed by atoms with Crippen LogP contribution in [0, 0.1) is 0 Å². The Morgan fingerprint density at radius 3 is 1.09 bits per heavy atom. The van der Waals surface area contributed by atoms with Crippen molar-refractivity contribution < 1.29 is 47.9 Å². The lowest BCUT2D eigenvalue weighted by Gasteiger charge is -2.10. The summed E-state index contributed by atoms with van der Waals surface area (Å²) in [5.74, 6) is -4.55. The van der Waals surface area contributed by atoms with E-state index < -0.39 is 47.3 Å². The van der Waals surface area contributed by atoms with Crippen LogP contribution in [0.5, 0.6) is 0 Å². The smallest absolute Gasteiger partial charge is 0.291 e. The first-order valence-corrected chi connectivity index (χ1v) is 25.3. The maximum Gasteiger partial charge on any atom is 0.291 e. The van der Waals surface area contributed by atoms with Crippen molar-refractivity contribution in [2.45, 2.75) is 25.7 Å². The highest BCUT2D eigenvalue weighted by molar-refractivity contribution is 6.10. The molecule has 0 radical (unpaired) electrons. The molecule has 8 aromatic rings. The largest absolute Gasteiger partial charge is 0.356 e. The standard InChI is InChI=1S/C52H58N20O10/c1-71(2)12-5-9-53-42(73)7-10-56-46(76)36-16-30(23-58-36)66-49(79)39-18-32(25-60-39)68-50(80)40-17-31(24-62-40)67-47(77)37-14-28(21-59-37)64-43(74)6-4-8-55-45(75)35-15-29(22-57-35)65-48(78)38-19-33(26-61-38)69-51(81)41-20-34(27-63-41)70-52(82)44-54-11-13-72(44)3/h11,13-27,57-63H,4-10,12H2,1-3H3,(H,53,73)(H,55,75)(H,56,76)(H,64,74)(H,65,78)(H,66,79)(H,67,77)(H,68,80)(H,69,81)(H,70,82). The van der Waals surface area contributed by atoms with E-state index >= 15 is 0 Å². The van der Waals surface area contributed by atoms with Crippen LogP contribution in [0.3, 0.4) is 0 Å². The van der Waals surface area contributed by atoms with Crippen LogP contribution in [0.2, 0.25) is 0 Å². The Labute approximate surface area is 464 Å². The summed E-state index contributed by atoms with van der Waals surface area (Å²) < 4.78 is 1.55. The summed E-state index contributed by atoms with van der Waals surface area (Å²) >= 11 is 0. The van der Waals surface area contributed by atoms with E-state index in [2.05, 4.69) is 93.0 Å². The fourth-order valence-corrected chi connectivity index (χ4v) is 7.81. The van der Waals surface area contributed by atoms with Crippen molar-refractivity contribution in [3.05, 3.63) is 144 Å². The molecule has 0 aromatic carbocycles. The van der Waals surface area contributed by atoms with Gasteiger partial charge < -0.3 is 97.5 Å². The number of nitrogens with one attached hydrogen (secondary N) is 17. The highest BCUT2D eigenvalue weighted by Crippen LogP contribution is 2.20. The zero-order valence-electron chi connectivity index (χ0n) is 44.3. The number of nitrogens with zero attached hydrogens (tertiary/aromatic N) is 3. The average Bonchev–Trinajstić information content (AvgIpc) is 4.36. The Bertz CT molecular complexity index is 3630. The molecular formula is C52H58N20O10. The van der Waals surface area contributed by atoms with E-state index in [1.54, 1.807) is 17.8 Å². The van der Waals surface area contributed by atoms with Crippen molar-refractivity contribution >= 4 is 98.9 Å². The predicted molar refractivity (Wildman–Crippen MR) is 300 cm³/mol. The summed E-state index contributed by atoms with van der Waals surface area (Å²) in [5, 5.41) is 26.8. The lowest BCUT2D eigenvalue weighted by Crippen LogP contribution is -2.32. The van der Waals surface area contributed by atoms with Gasteiger partial charge in [-0.05, 0) is 75.9 Å². The molecule has 8 heterocycles. The third-order valence-corrected chi connectivity index (χ3v) is 12.0. The predicted octanol–water partition coefficient (Wildman–Crippen LogP) is 3.57. The number of hydrogen-bond acceptors (Lipinski definition) is 12. The van der Waals surface area contributed by atoms with Gasteiger partial charge >= 0.3 is 0 Å². The molecule has 8 rings (SSSR count). The Balaban J connectivity index is 0.694. The molecule has 17 N–H and O–H groups in total. The van der Waals surface area contributed by atoms with E-state index in [0.29, 0.717) is 29.3 Å². The van der Waals surface area contributed by atoms with E-state index in [1.165, 1.54) is 92.0 Å². The molecule has 30 nitrogen and oxygen atoms in total. The zero-order chi connectivity index (χ0) is 58.3. The first kappa shape index (κ1) is 57.0. The van der Waals surface area contributed by atoms with E-state index in [0.717, 1.165) is 13.0 Å². The van der Waals surface area contributed by atoms with Gasteiger partial charge in [0.05, 0.1) is 39.8 Å². The molecule has 82 heavy (non-hydrogen) atoms. The molecule has 0 spiro atoms. The van der Waals surface area contributed by atoms with Gasteiger partial charge in [-0.3, -0.25) is 47.9 Å². The van der Waals surface area contributed by atoms with Crippen molar-refractivity contribution in [3.63, 3.8) is 0 Å². The number of carbonyl (C=O) groups is 10. The number of imidazole rings is 1. The second kappa shape index (κ2) is 26.5. The summed E-state index contributed by atoms with van der Waals surface area (Å²) in [4.78, 5) is 153. The number of aromatic amines is 7. The average molecular weight is 1120 g/mol. The molecule has 426 valence electrons. The maximum absolute atomic E-state index is 13.0. The quantitative estimate of drug-likeness (QED) is 0.0346. The number of rotatable bonds is 26. The van der Waals surface area contributed by atoms with Crippen LogP contribution in [0.25, 0.3) is 0 Å². The van der Waals surface area contributed by atoms with Crippen molar-refractivity contribution in [1.29, 1.82) is 0 Å². The van der Waals surface area contributed by atoms with Crippen LogP contribution in [-0.4, -0.2) is 149 Å². The summed E-state index contributed by atoms with van der Waals surface area (Å²) in [6.45, 7) is 1.65. The molecule has 10 amide bonds. The molecule has 0 aliphatic rings. The van der Waals surface area contributed by atoms with Crippen LogP contribution in [-0.2, 0) is 16.6 Å². The van der Waals surface area contributed by atoms with Gasteiger partial charge in [-0.2, -0.15) is 0 Å². The van der Waals surface area contributed by atoms with Gasteiger partial charge in [-0.1, -0.05) is 0 Å². The molecule has 0 aliphatic heterocycles. The number of anilines is 7. The molecule has 30 heteroatoms. The first-order chi connectivity index (χ1) is 39.4. The number of H-pyrrole nitrogens is 7. The minimum Gasteiger partial charge on any atom is -0.356 e. The molecule has 0 saturated heterocycles. The normalized spacial score (nSPS) is 10.9. The molecule has 0 fully saturated rings. The number of carbonyl (C=O) groups excluding carboxylic acids is 10. The summed E-state index contributed by atoms with van der Waals surface area (Å²) in [7, 11) is 5.58. The van der Waals surface area contributed by atoms with Gasteiger partial charge in [0.15, 0.2) is 5.82 Å². The van der Waals surface area contributed by atoms with Crippen molar-refractivity contribution in [2.24, 2.45) is 7.05 Å². The number of aryl methyl sites for hydroxylation is 1. The lowest BCUT2D eigenvalue weighted by molar-refractivity contribution is -0.121. The lowest BCUT2D eigenvalue weighted by atomic mass is 10.2. The molecule has 8 aromatic heterocycles. The fraction of sp³-hybridized carbons (Fsp3) is 0.212. The minimum atomic E-state index is -0.577. The highest BCUT2D eigenvalue weighted by atomic mass is 16.2. The SMILES string of the molecule is CN(C)CCCNC(=O)CCNC(=O)c1cc(NC(=O)c2cc(NC(=O)c3cc(NC(=O)c4cc(NC(=O)CCCNC(=O)c5cc(NC(=O)c6cc(NC(=O)c7cc(NC(=O)c8nccn8C)c[nH]7)c[nH]6)c[nH]5)c[nH]4)c[nH]3)c[nH]2)c[nH]1. The molecular weight excluding hydrogens is 1060 g/mol. The monoisotopic (exact) mass is 1120 g/mol. The third-order valence-electron chi connectivity index (χ3n) is 12.0. The van der Waals surface area contributed by atoms with Crippen LogP contribution in [0.4, 0.5) is 39.8 Å². The fourth-order valence-electron chi connectivity index (χ4n) is 7.81. The van der Waals surface area contributed by atoms with Gasteiger partial charge in [-0.15, -0.1) is 0 Å². The van der Waals surface area contributed by atoms with E-state index in [-0.39, 0.29) is 107 Å². The van der Waals surface area contributed by atoms with Crippen LogP contribution in [0.1, 0.15) is 110 Å². The van der Waals surface area contributed by atoms with Crippen LogP contribution in [0.15, 0.2) is 98.2 Å². The molecule has 0 saturated carbocycles.